The second-order valence-electron chi connectivity index (χ2n) is 4.49. The first-order chi connectivity index (χ1) is 8.74. The average Bonchev–Trinajstić information content (AvgIpc) is 2.39. The monoisotopic (exact) mass is 268 g/mol. The van der Waals surface area contributed by atoms with E-state index in [0.717, 1.165) is 25.7 Å². The molecule has 98 valence electrons. The number of carbonyl (C=O) groups excluding carboxylic acids is 1. The van der Waals surface area contributed by atoms with Crippen LogP contribution in [0.15, 0.2) is 24.3 Å². The molecule has 1 aromatic carbocycles. The van der Waals surface area contributed by atoms with Crippen molar-refractivity contribution < 1.29 is 14.3 Å². The van der Waals surface area contributed by atoms with Crippen molar-refractivity contribution in [2.75, 3.05) is 6.61 Å². The summed E-state index contributed by atoms with van der Waals surface area (Å²) in [7, 11) is 0. The highest BCUT2D eigenvalue weighted by atomic mass is 35.5. The molecule has 0 atom stereocenters. The number of benzene rings is 1. The molecule has 0 unspecified atom stereocenters. The van der Waals surface area contributed by atoms with E-state index >= 15 is 0 Å². The summed E-state index contributed by atoms with van der Waals surface area (Å²) in [5.74, 6) is 0.330. The predicted octanol–water partition coefficient (Wildman–Crippen LogP) is 3.59. The van der Waals surface area contributed by atoms with Crippen LogP contribution in [0.4, 0.5) is 0 Å². The Morgan fingerprint density at radius 1 is 1.17 bits per heavy atom. The molecule has 0 N–H and O–H groups in total. The third kappa shape index (κ3) is 4.22. The molecule has 0 aromatic heterocycles. The highest BCUT2D eigenvalue weighted by molar-refractivity contribution is 6.30. The van der Waals surface area contributed by atoms with Crippen LogP contribution in [0.25, 0.3) is 0 Å². The number of hydrogen-bond donors (Lipinski definition) is 0. The fourth-order valence-electron chi connectivity index (χ4n) is 2.08. The molecule has 0 amide bonds. The summed E-state index contributed by atoms with van der Waals surface area (Å²) in [6, 6.07) is 6.92. The van der Waals surface area contributed by atoms with Gasteiger partial charge in [0.25, 0.3) is 0 Å². The summed E-state index contributed by atoms with van der Waals surface area (Å²) in [5, 5.41) is 0.645. The lowest BCUT2D eigenvalue weighted by atomic mass is 9.98. The van der Waals surface area contributed by atoms with Gasteiger partial charge in [-0.3, -0.25) is 0 Å². The molecule has 1 fully saturated rings. The van der Waals surface area contributed by atoms with Crippen molar-refractivity contribution in [2.24, 2.45) is 0 Å². The van der Waals surface area contributed by atoms with E-state index in [-0.39, 0.29) is 18.7 Å². The first-order valence-electron chi connectivity index (χ1n) is 6.32. The minimum atomic E-state index is -0.295. The first kappa shape index (κ1) is 13.2. The molecule has 1 saturated carbocycles. The highest BCUT2D eigenvalue weighted by Gasteiger charge is 2.17. The van der Waals surface area contributed by atoms with Crippen LogP contribution in [0.1, 0.15) is 32.1 Å². The number of carbonyl (C=O) groups is 1. The molecule has 0 bridgehead atoms. The number of ether oxygens (including phenoxy) is 2. The summed E-state index contributed by atoms with van der Waals surface area (Å²) < 4.78 is 10.7. The van der Waals surface area contributed by atoms with Crippen LogP contribution in [0.3, 0.4) is 0 Å². The zero-order chi connectivity index (χ0) is 12.8. The first-order valence-corrected chi connectivity index (χ1v) is 6.70. The van der Waals surface area contributed by atoms with E-state index in [1.54, 1.807) is 24.3 Å². The lowest BCUT2D eigenvalue weighted by molar-refractivity contribution is -0.152. The molecule has 2 rings (SSSR count). The maximum atomic E-state index is 11.6. The lowest BCUT2D eigenvalue weighted by Crippen LogP contribution is -2.24. The van der Waals surface area contributed by atoms with E-state index in [1.165, 1.54) is 6.42 Å². The zero-order valence-electron chi connectivity index (χ0n) is 10.2. The SMILES string of the molecule is O=C(COc1ccc(Cl)cc1)OC1CCCCC1. The molecule has 3 nitrogen and oxygen atoms in total. The Bertz CT molecular complexity index is 383. The van der Waals surface area contributed by atoms with Gasteiger partial charge in [-0.05, 0) is 49.9 Å². The number of rotatable bonds is 4. The van der Waals surface area contributed by atoms with Crippen LogP contribution in [-0.2, 0) is 9.53 Å². The van der Waals surface area contributed by atoms with Gasteiger partial charge in [-0.1, -0.05) is 18.0 Å². The van der Waals surface area contributed by atoms with Crippen molar-refractivity contribution >= 4 is 17.6 Å². The van der Waals surface area contributed by atoms with E-state index in [4.69, 9.17) is 21.1 Å². The normalized spacial score (nSPS) is 16.3. The van der Waals surface area contributed by atoms with Crippen LogP contribution in [0.5, 0.6) is 5.75 Å². The van der Waals surface area contributed by atoms with Crippen LogP contribution >= 0.6 is 11.6 Å². The highest BCUT2D eigenvalue weighted by Crippen LogP contribution is 2.20. The quantitative estimate of drug-likeness (QED) is 0.783. The zero-order valence-corrected chi connectivity index (χ0v) is 11.0. The van der Waals surface area contributed by atoms with Gasteiger partial charge < -0.3 is 9.47 Å². The molecule has 1 aliphatic rings. The van der Waals surface area contributed by atoms with Crippen molar-refractivity contribution in [1.82, 2.24) is 0 Å². The predicted molar refractivity (Wildman–Crippen MR) is 69.9 cm³/mol. The number of esters is 1. The Hall–Kier alpha value is -1.22. The Morgan fingerprint density at radius 3 is 2.50 bits per heavy atom. The molecule has 0 spiro atoms. The summed E-state index contributed by atoms with van der Waals surface area (Å²) in [6.45, 7) is -0.0435. The van der Waals surface area contributed by atoms with Crippen molar-refractivity contribution in [1.29, 1.82) is 0 Å². The Morgan fingerprint density at radius 2 is 1.83 bits per heavy atom. The van der Waals surface area contributed by atoms with Crippen LogP contribution in [-0.4, -0.2) is 18.7 Å². The van der Waals surface area contributed by atoms with E-state index in [9.17, 15) is 4.79 Å². The molecule has 0 heterocycles. The van der Waals surface area contributed by atoms with Crippen molar-refractivity contribution in [3.8, 4) is 5.75 Å². The van der Waals surface area contributed by atoms with Gasteiger partial charge in [0, 0.05) is 5.02 Å². The van der Waals surface area contributed by atoms with E-state index in [1.807, 2.05) is 0 Å². The van der Waals surface area contributed by atoms with Crippen LogP contribution < -0.4 is 4.74 Å². The molecule has 18 heavy (non-hydrogen) atoms. The largest absolute Gasteiger partial charge is 0.482 e. The van der Waals surface area contributed by atoms with Gasteiger partial charge in [0.1, 0.15) is 11.9 Å². The standard InChI is InChI=1S/C14H17ClO3/c15-11-6-8-12(9-7-11)17-10-14(16)18-13-4-2-1-3-5-13/h6-9,13H,1-5,10H2. The third-order valence-electron chi connectivity index (χ3n) is 3.02. The van der Waals surface area contributed by atoms with Crippen LogP contribution in [0.2, 0.25) is 5.02 Å². The van der Waals surface area contributed by atoms with E-state index in [2.05, 4.69) is 0 Å². The Labute approximate surface area is 112 Å². The number of hydrogen-bond acceptors (Lipinski definition) is 3. The summed E-state index contributed by atoms with van der Waals surface area (Å²) in [6.07, 6.45) is 5.58. The smallest absolute Gasteiger partial charge is 0.344 e. The topological polar surface area (TPSA) is 35.5 Å². The molecule has 1 aliphatic carbocycles. The molecule has 1 aromatic rings. The molecule has 4 heteroatoms. The second-order valence-corrected chi connectivity index (χ2v) is 4.93. The van der Waals surface area contributed by atoms with Gasteiger partial charge in [-0.25, -0.2) is 4.79 Å². The molecular formula is C14H17ClO3. The Balaban J connectivity index is 1.72. The van der Waals surface area contributed by atoms with Gasteiger partial charge in [0.15, 0.2) is 6.61 Å². The second kappa shape index (κ2) is 6.64. The lowest BCUT2D eigenvalue weighted by Gasteiger charge is -2.21. The average molecular weight is 269 g/mol. The molecule has 0 saturated heterocycles. The minimum Gasteiger partial charge on any atom is -0.482 e. The number of halogens is 1. The third-order valence-corrected chi connectivity index (χ3v) is 3.27. The Kier molecular flexibility index (Phi) is 4.88. The minimum absolute atomic E-state index is 0.0435. The fourth-order valence-corrected chi connectivity index (χ4v) is 2.20. The summed E-state index contributed by atoms with van der Waals surface area (Å²) >= 11 is 5.76. The van der Waals surface area contributed by atoms with Gasteiger partial charge in [-0.15, -0.1) is 0 Å². The van der Waals surface area contributed by atoms with Crippen LogP contribution in [0, 0.1) is 0 Å². The van der Waals surface area contributed by atoms with E-state index < -0.39 is 0 Å². The summed E-state index contributed by atoms with van der Waals surface area (Å²) in [4.78, 5) is 11.6. The maximum Gasteiger partial charge on any atom is 0.344 e. The van der Waals surface area contributed by atoms with Crippen molar-refractivity contribution in [2.45, 2.75) is 38.2 Å². The van der Waals surface area contributed by atoms with E-state index in [0.29, 0.717) is 10.8 Å². The van der Waals surface area contributed by atoms with Gasteiger partial charge in [0.05, 0.1) is 0 Å². The van der Waals surface area contributed by atoms with Gasteiger partial charge >= 0.3 is 5.97 Å². The maximum absolute atomic E-state index is 11.6. The summed E-state index contributed by atoms with van der Waals surface area (Å²) in [5.41, 5.74) is 0. The molecule has 0 aliphatic heterocycles. The van der Waals surface area contributed by atoms with Crippen molar-refractivity contribution in [3.05, 3.63) is 29.3 Å². The molecular weight excluding hydrogens is 252 g/mol. The van der Waals surface area contributed by atoms with Crippen molar-refractivity contribution in [3.63, 3.8) is 0 Å². The van der Waals surface area contributed by atoms with Gasteiger partial charge in [0.2, 0.25) is 0 Å². The fraction of sp³-hybridized carbons (Fsp3) is 0.500. The molecule has 0 radical (unpaired) electrons. The van der Waals surface area contributed by atoms with Gasteiger partial charge in [-0.2, -0.15) is 0 Å².